The van der Waals surface area contributed by atoms with Crippen LogP contribution < -0.4 is 4.31 Å². The zero-order chi connectivity index (χ0) is 22.6. The Kier molecular flexibility index (Phi) is 8.43. The Balaban J connectivity index is 0.00000204. The molecule has 2 atom stereocenters. The van der Waals surface area contributed by atoms with Crippen molar-refractivity contribution in [3.8, 4) is 0 Å². The second-order valence-electron chi connectivity index (χ2n) is 6.63. The van der Waals surface area contributed by atoms with E-state index >= 15 is 0 Å². The van der Waals surface area contributed by atoms with Crippen molar-refractivity contribution in [2.45, 2.75) is 46.1 Å². The quantitative estimate of drug-likeness (QED) is 0.468. The lowest BCUT2D eigenvalue weighted by Crippen LogP contribution is -2.26. The van der Waals surface area contributed by atoms with E-state index in [1.807, 2.05) is 13.8 Å². The summed E-state index contributed by atoms with van der Waals surface area (Å²) in [6.07, 6.45) is 0.913. The van der Waals surface area contributed by atoms with Gasteiger partial charge in [-0.1, -0.05) is 32.9 Å². The number of cyclic esters (lactones) is 1. The van der Waals surface area contributed by atoms with Crippen molar-refractivity contribution in [1.29, 1.82) is 0 Å². The number of esters is 1. The number of hydrogen-bond donors (Lipinski definition) is 0. The highest BCUT2D eigenvalue weighted by Gasteiger charge is 2.46. The second kappa shape index (κ2) is 9.73. The van der Waals surface area contributed by atoms with Crippen LogP contribution in [0.15, 0.2) is 35.6 Å². The van der Waals surface area contributed by atoms with Crippen molar-refractivity contribution in [2.24, 2.45) is 0 Å². The van der Waals surface area contributed by atoms with E-state index in [2.05, 4.69) is 0 Å². The summed E-state index contributed by atoms with van der Waals surface area (Å²) in [6.45, 7) is 8.88. The molecule has 2 rings (SSSR count). The highest BCUT2D eigenvalue weighted by Crippen LogP contribution is 2.41. The predicted octanol–water partition coefficient (Wildman–Crippen LogP) is 3.04. The SMILES string of the molecule is CC.COS(=O)N(C)c1cccc(C(C)C2=C(OS(C)(=O)=O)C(C)(C)OC2=O)c1. The van der Waals surface area contributed by atoms with Gasteiger partial charge in [-0.2, -0.15) is 8.42 Å². The lowest BCUT2D eigenvalue weighted by molar-refractivity contribution is -0.145. The van der Waals surface area contributed by atoms with Gasteiger partial charge in [-0.15, -0.1) is 0 Å². The zero-order valence-electron chi connectivity index (χ0n) is 18.0. The molecule has 1 aliphatic heterocycles. The molecule has 1 aliphatic rings. The monoisotopic (exact) mass is 447 g/mol. The summed E-state index contributed by atoms with van der Waals surface area (Å²) in [6, 6.07) is 7.01. The third-order valence-corrected chi connectivity index (χ3v) is 5.54. The van der Waals surface area contributed by atoms with Crippen molar-refractivity contribution in [1.82, 2.24) is 0 Å². The first-order chi connectivity index (χ1) is 13.4. The van der Waals surface area contributed by atoms with Gasteiger partial charge in [-0.05, 0) is 31.5 Å². The standard InChI is InChI=1S/C17H23NO7S2.C2H6/c1-11(12-8-7-9-13(10-12)18(4)26(20)23-5)14-15(25-27(6,21)22)17(2,3)24-16(14)19;1-2/h7-11H,1-6H3;1-2H3. The molecule has 0 amide bonds. The minimum absolute atomic E-state index is 0.0262. The van der Waals surface area contributed by atoms with Gasteiger partial charge in [-0.3, -0.25) is 8.49 Å². The zero-order valence-corrected chi connectivity index (χ0v) is 19.6. The average molecular weight is 448 g/mol. The summed E-state index contributed by atoms with van der Waals surface area (Å²) in [5, 5.41) is 0. The minimum atomic E-state index is -3.84. The maximum Gasteiger partial charge on any atom is 0.339 e. The normalized spacial score (nSPS) is 17.7. The van der Waals surface area contributed by atoms with Crippen LogP contribution in [-0.2, 0) is 39.3 Å². The molecule has 0 spiro atoms. The van der Waals surface area contributed by atoms with Crippen LogP contribution in [0, 0.1) is 0 Å². The van der Waals surface area contributed by atoms with Gasteiger partial charge in [0.2, 0.25) is 0 Å². The van der Waals surface area contributed by atoms with Gasteiger partial charge in [0.15, 0.2) is 11.4 Å². The molecule has 0 saturated carbocycles. The van der Waals surface area contributed by atoms with E-state index in [0.29, 0.717) is 11.3 Å². The maximum atomic E-state index is 12.4. The Labute approximate surface area is 175 Å². The average Bonchev–Trinajstić information content (AvgIpc) is 2.88. The largest absolute Gasteiger partial charge is 0.448 e. The summed E-state index contributed by atoms with van der Waals surface area (Å²) < 4.78 is 51.8. The van der Waals surface area contributed by atoms with Crippen molar-refractivity contribution in [3.05, 3.63) is 41.2 Å². The molecule has 10 heteroatoms. The number of hydrogen-bond acceptors (Lipinski definition) is 7. The van der Waals surface area contributed by atoms with Crippen LogP contribution in [0.5, 0.6) is 0 Å². The number of ether oxygens (including phenoxy) is 1. The molecule has 8 nitrogen and oxygen atoms in total. The van der Waals surface area contributed by atoms with Gasteiger partial charge in [0.05, 0.1) is 24.6 Å². The predicted molar refractivity (Wildman–Crippen MR) is 113 cm³/mol. The summed E-state index contributed by atoms with van der Waals surface area (Å²) in [5.74, 6) is -1.17. The molecule has 0 fully saturated rings. The van der Waals surface area contributed by atoms with Crippen LogP contribution in [0.4, 0.5) is 5.69 Å². The van der Waals surface area contributed by atoms with Crippen molar-refractivity contribution in [3.63, 3.8) is 0 Å². The van der Waals surface area contributed by atoms with Crippen LogP contribution in [0.1, 0.15) is 46.1 Å². The van der Waals surface area contributed by atoms with Gasteiger partial charge in [0.25, 0.3) is 11.3 Å². The van der Waals surface area contributed by atoms with Crippen molar-refractivity contribution in [2.75, 3.05) is 24.7 Å². The number of carbonyl (C=O) groups excluding carboxylic acids is 1. The molecule has 1 heterocycles. The molecule has 0 radical (unpaired) electrons. The molecule has 2 unspecified atom stereocenters. The van der Waals surface area contributed by atoms with E-state index in [1.54, 1.807) is 52.1 Å². The van der Waals surface area contributed by atoms with E-state index in [9.17, 15) is 17.4 Å². The first-order valence-electron chi connectivity index (χ1n) is 9.05. The molecule has 164 valence electrons. The van der Waals surface area contributed by atoms with Crippen molar-refractivity contribution < 1.29 is 30.5 Å². The Morgan fingerprint density at radius 1 is 1.24 bits per heavy atom. The smallest absolute Gasteiger partial charge is 0.339 e. The third-order valence-electron chi connectivity index (χ3n) is 4.13. The molecule has 0 aromatic heterocycles. The number of carbonyl (C=O) groups is 1. The maximum absolute atomic E-state index is 12.4. The van der Waals surface area contributed by atoms with Gasteiger partial charge in [-0.25, -0.2) is 9.00 Å². The van der Waals surface area contributed by atoms with E-state index in [4.69, 9.17) is 13.1 Å². The Hall–Kier alpha value is -1.91. The lowest BCUT2D eigenvalue weighted by atomic mass is 9.90. The number of rotatable bonds is 7. The van der Waals surface area contributed by atoms with Crippen LogP contribution >= 0.6 is 0 Å². The van der Waals surface area contributed by atoms with Crippen LogP contribution in [0.3, 0.4) is 0 Å². The Morgan fingerprint density at radius 2 is 1.83 bits per heavy atom. The summed E-state index contributed by atoms with van der Waals surface area (Å²) in [5.41, 5.74) is 0.247. The lowest BCUT2D eigenvalue weighted by Gasteiger charge is -2.21. The Morgan fingerprint density at radius 3 is 2.34 bits per heavy atom. The van der Waals surface area contributed by atoms with Gasteiger partial charge in [0.1, 0.15) is 0 Å². The number of benzene rings is 1. The first kappa shape index (κ1) is 25.1. The first-order valence-corrected chi connectivity index (χ1v) is 11.9. The fourth-order valence-corrected chi connectivity index (χ4v) is 3.88. The molecule has 0 saturated heterocycles. The topological polar surface area (TPSA) is 99.2 Å². The van der Waals surface area contributed by atoms with E-state index in [1.165, 1.54) is 11.4 Å². The molecule has 0 bridgehead atoms. The molecule has 29 heavy (non-hydrogen) atoms. The van der Waals surface area contributed by atoms with E-state index < -0.39 is 38.9 Å². The molecule has 1 aromatic rings. The van der Waals surface area contributed by atoms with E-state index in [0.717, 1.165) is 6.26 Å². The van der Waals surface area contributed by atoms with Gasteiger partial charge in [0, 0.05) is 13.0 Å². The fraction of sp³-hybridized carbons (Fsp3) is 0.526. The number of nitrogens with zero attached hydrogens (tertiary/aromatic N) is 1. The highest BCUT2D eigenvalue weighted by molar-refractivity contribution is 7.86. The summed E-state index contributed by atoms with van der Waals surface area (Å²) >= 11 is -1.66. The van der Waals surface area contributed by atoms with Crippen LogP contribution in [0.25, 0.3) is 0 Å². The van der Waals surface area contributed by atoms with Gasteiger partial charge < -0.3 is 8.92 Å². The molecule has 0 N–H and O–H groups in total. The Bertz CT molecular complexity index is 907. The fourth-order valence-electron chi connectivity index (χ4n) is 2.77. The molecular formula is C19H29NO7S2. The summed E-state index contributed by atoms with van der Waals surface area (Å²) in [7, 11) is -0.908. The molecule has 0 aliphatic carbocycles. The summed E-state index contributed by atoms with van der Waals surface area (Å²) in [4.78, 5) is 12.4. The van der Waals surface area contributed by atoms with Crippen LogP contribution in [0.2, 0.25) is 0 Å². The molecule has 1 aromatic carbocycles. The minimum Gasteiger partial charge on any atom is -0.448 e. The van der Waals surface area contributed by atoms with Crippen LogP contribution in [-0.4, -0.2) is 44.6 Å². The second-order valence-corrected chi connectivity index (χ2v) is 9.52. The van der Waals surface area contributed by atoms with Gasteiger partial charge >= 0.3 is 16.1 Å². The molecular weight excluding hydrogens is 418 g/mol. The number of anilines is 1. The van der Waals surface area contributed by atoms with Crippen molar-refractivity contribution >= 4 is 33.0 Å². The highest BCUT2D eigenvalue weighted by atomic mass is 32.2. The van der Waals surface area contributed by atoms with E-state index in [-0.39, 0.29) is 11.3 Å². The third kappa shape index (κ3) is 6.03.